The first-order valence-electron chi connectivity index (χ1n) is 4.33. The number of hydrogen-bond acceptors (Lipinski definition) is 4. The number of nitrogens with one attached hydrogen (secondary N) is 1. The lowest BCUT2D eigenvalue weighted by Crippen LogP contribution is -2.36. The molecule has 0 radical (unpaired) electrons. The third kappa shape index (κ3) is 14.7. The fourth-order valence-electron chi connectivity index (χ4n) is 0.541. The number of nitrogens with two attached hydrogens (primary N) is 1. The summed E-state index contributed by atoms with van der Waals surface area (Å²) < 4.78 is 0. The van der Waals surface area contributed by atoms with E-state index in [0.29, 0.717) is 0 Å². The second kappa shape index (κ2) is 8.48. The largest absolute Gasteiger partial charge is 0.481 e. The van der Waals surface area contributed by atoms with E-state index in [2.05, 4.69) is 0 Å². The first-order chi connectivity index (χ1) is 7.16. The standard InChI is InChI=1S/C4H9N3O2.C4H8O3/c1-7(4(5)6)2-3(8)9;1-3(5)2-4(6)7/h2H2,1H3,(H3,5,6)(H,8,9);3,5H,2H2,1H3,(H,6,7). The lowest BCUT2D eigenvalue weighted by Gasteiger charge is -2.12. The summed E-state index contributed by atoms with van der Waals surface area (Å²) in [6.07, 6.45) is -0.891. The van der Waals surface area contributed by atoms with Crippen molar-refractivity contribution in [3.05, 3.63) is 0 Å². The Morgan fingerprint density at radius 3 is 1.88 bits per heavy atom. The minimum Gasteiger partial charge on any atom is -0.481 e. The molecule has 0 saturated carbocycles. The van der Waals surface area contributed by atoms with Gasteiger partial charge in [0.15, 0.2) is 5.96 Å². The molecule has 0 aromatic rings. The van der Waals surface area contributed by atoms with Gasteiger partial charge in [-0.1, -0.05) is 0 Å². The first kappa shape index (κ1) is 16.6. The van der Waals surface area contributed by atoms with Gasteiger partial charge in [-0.15, -0.1) is 0 Å². The van der Waals surface area contributed by atoms with Crippen LogP contribution in [0.5, 0.6) is 0 Å². The molecule has 0 heterocycles. The fraction of sp³-hybridized carbons (Fsp3) is 0.625. The molecule has 1 atom stereocenters. The van der Waals surface area contributed by atoms with Gasteiger partial charge in [-0.05, 0) is 6.92 Å². The minimum atomic E-state index is -0.993. The van der Waals surface area contributed by atoms with E-state index in [1.165, 1.54) is 14.0 Å². The highest BCUT2D eigenvalue weighted by Crippen LogP contribution is 1.85. The maximum atomic E-state index is 9.92. The minimum absolute atomic E-state index is 0.167. The molecular weight excluding hydrogens is 218 g/mol. The second-order valence-electron chi connectivity index (χ2n) is 3.08. The van der Waals surface area contributed by atoms with Gasteiger partial charge in [0, 0.05) is 7.05 Å². The van der Waals surface area contributed by atoms with Crippen LogP contribution in [0.4, 0.5) is 0 Å². The third-order valence-corrected chi connectivity index (χ3v) is 1.25. The first-order valence-corrected chi connectivity index (χ1v) is 4.33. The highest BCUT2D eigenvalue weighted by molar-refractivity contribution is 5.79. The molecule has 8 nitrogen and oxygen atoms in total. The molecule has 1 unspecified atom stereocenters. The van der Waals surface area contributed by atoms with Crippen molar-refractivity contribution < 1.29 is 24.9 Å². The van der Waals surface area contributed by atoms with E-state index in [4.69, 9.17) is 26.5 Å². The van der Waals surface area contributed by atoms with Crippen molar-refractivity contribution in [2.75, 3.05) is 13.6 Å². The predicted molar refractivity (Wildman–Crippen MR) is 56.1 cm³/mol. The Morgan fingerprint density at radius 1 is 1.38 bits per heavy atom. The number of rotatable bonds is 4. The number of carbonyl (C=O) groups is 2. The van der Waals surface area contributed by atoms with Crippen LogP contribution < -0.4 is 5.73 Å². The van der Waals surface area contributed by atoms with Gasteiger partial charge in [0.2, 0.25) is 0 Å². The Morgan fingerprint density at radius 2 is 1.81 bits per heavy atom. The monoisotopic (exact) mass is 235 g/mol. The molecule has 6 N–H and O–H groups in total. The van der Waals surface area contributed by atoms with Crippen molar-refractivity contribution >= 4 is 17.9 Å². The zero-order valence-corrected chi connectivity index (χ0v) is 9.17. The smallest absolute Gasteiger partial charge is 0.323 e. The van der Waals surface area contributed by atoms with Gasteiger partial charge in [-0.25, -0.2) is 0 Å². The van der Waals surface area contributed by atoms with Gasteiger partial charge in [0.05, 0.1) is 12.5 Å². The zero-order valence-electron chi connectivity index (χ0n) is 9.17. The Hall–Kier alpha value is -1.83. The summed E-state index contributed by atoms with van der Waals surface area (Å²) in [6.45, 7) is 1.21. The number of likely N-dealkylation sites (N-methyl/N-ethyl adjacent to an activating group) is 1. The van der Waals surface area contributed by atoms with Gasteiger partial charge in [0.1, 0.15) is 6.54 Å². The average Bonchev–Trinajstić information content (AvgIpc) is 2.00. The molecule has 0 aliphatic rings. The van der Waals surface area contributed by atoms with Crippen molar-refractivity contribution in [1.29, 1.82) is 5.41 Å². The number of carboxylic acids is 2. The molecule has 0 bridgehead atoms. The third-order valence-electron chi connectivity index (χ3n) is 1.25. The van der Waals surface area contributed by atoms with Gasteiger partial charge in [-0.2, -0.15) is 0 Å². The normalized spacial score (nSPS) is 10.7. The number of carboxylic acid groups (broad SMARTS) is 2. The van der Waals surface area contributed by atoms with E-state index in [-0.39, 0.29) is 18.9 Å². The number of aliphatic hydroxyl groups excluding tert-OH is 1. The number of hydrogen-bond donors (Lipinski definition) is 5. The molecule has 0 aromatic heterocycles. The second-order valence-corrected chi connectivity index (χ2v) is 3.08. The van der Waals surface area contributed by atoms with Crippen molar-refractivity contribution in [2.45, 2.75) is 19.4 Å². The van der Waals surface area contributed by atoms with Crippen LogP contribution in [0, 0.1) is 5.41 Å². The van der Waals surface area contributed by atoms with Crippen molar-refractivity contribution in [3.63, 3.8) is 0 Å². The summed E-state index contributed by atoms with van der Waals surface area (Å²) in [4.78, 5) is 20.7. The number of guanidine groups is 1. The van der Waals surface area contributed by atoms with E-state index in [9.17, 15) is 9.59 Å². The molecule has 0 aliphatic carbocycles. The van der Waals surface area contributed by atoms with Crippen molar-refractivity contribution in [1.82, 2.24) is 4.90 Å². The predicted octanol–water partition coefficient (Wildman–Crippen LogP) is -1.26. The number of nitrogens with zero attached hydrogens (tertiary/aromatic N) is 1. The van der Waals surface area contributed by atoms with Crippen LogP contribution >= 0.6 is 0 Å². The SMILES string of the molecule is CC(O)CC(=O)O.CN(CC(=O)O)C(=N)N. The van der Waals surface area contributed by atoms with Crippen LogP contribution in [0.1, 0.15) is 13.3 Å². The van der Waals surface area contributed by atoms with E-state index in [1.807, 2.05) is 0 Å². The Bertz CT molecular complexity index is 254. The van der Waals surface area contributed by atoms with Gasteiger partial charge in [-0.3, -0.25) is 15.0 Å². The number of aliphatic carboxylic acids is 2. The maximum absolute atomic E-state index is 9.92. The highest BCUT2D eigenvalue weighted by Gasteiger charge is 2.03. The van der Waals surface area contributed by atoms with Gasteiger partial charge in [0.25, 0.3) is 0 Å². The van der Waals surface area contributed by atoms with Crippen molar-refractivity contribution in [2.24, 2.45) is 5.73 Å². The van der Waals surface area contributed by atoms with Crippen LogP contribution in [0.3, 0.4) is 0 Å². The van der Waals surface area contributed by atoms with Crippen LogP contribution in [-0.4, -0.2) is 57.8 Å². The topological polar surface area (TPSA) is 148 Å². The van der Waals surface area contributed by atoms with Crippen molar-refractivity contribution in [3.8, 4) is 0 Å². The summed E-state index contributed by atoms with van der Waals surface area (Å²) in [5.41, 5.74) is 4.93. The molecule has 8 heteroatoms. The summed E-state index contributed by atoms with van der Waals surface area (Å²) in [7, 11) is 1.44. The molecule has 0 aliphatic heterocycles. The maximum Gasteiger partial charge on any atom is 0.323 e. The lowest BCUT2D eigenvalue weighted by atomic mass is 10.3. The molecule has 0 rings (SSSR count). The quantitative estimate of drug-likeness (QED) is 0.301. The summed E-state index contributed by atoms with van der Waals surface area (Å²) >= 11 is 0. The molecular formula is C8H17N3O5. The molecule has 94 valence electrons. The van der Waals surface area contributed by atoms with Crippen LogP contribution in [0.2, 0.25) is 0 Å². The molecule has 0 amide bonds. The summed E-state index contributed by atoms with van der Waals surface area (Å²) in [5, 5.41) is 31.1. The van der Waals surface area contributed by atoms with E-state index >= 15 is 0 Å². The molecule has 0 fully saturated rings. The highest BCUT2D eigenvalue weighted by atomic mass is 16.4. The fourth-order valence-corrected chi connectivity index (χ4v) is 0.541. The van der Waals surface area contributed by atoms with Crippen LogP contribution in [-0.2, 0) is 9.59 Å². The number of aliphatic hydroxyl groups is 1. The van der Waals surface area contributed by atoms with Crippen LogP contribution in [0.25, 0.3) is 0 Å². The Balaban J connectivity index is 0. The van der Waals surface area contributed by atoms with E-state index in [1.54, 1.807) is 0 Å². The van der Waals surface area contributed by atoms with Gasteiger partial charge < -0.3 is 26.0 Å². The Labute approximate surface area is 92.8 Å². The molecule has 0 saturated heterocycles. The lowest BCUT2D eigenvalue weighted by molar-refractivity contribution is -0.139. The average molecular weight is 235 g/mol. The molecule has 16 heavy (non-hydrogen) atoms. The van der Waals surface area contributed by atoms with Gasteiger partial charge >= 0.3 is 11.9 Å². The summed E-state index contributed by atoms with van der Waals surface area (Å²) in [5.74, 6) is -2.19. The summed E-state index contributed by atoms with van der Waals surface area (Å²) in [6, 6.07) is 0. The zero-order chi connectivity index (χ0) is 13.3. The molecule has 0 aromatic carbocycles. The van der Waals surface area contributed by atoms with E-state index < -0.39 is 18.0 Å². The Kier molecular flexibility index (Phi) is 8.79. The molecule has 0 spiro atoms. The van der Waals surface area contributed by atoms with Crippen LogP contribution in [0.15, 0.2) is 0 Å². The van der Waals surface area contributed by atoms with E-state index in [0.717, 1.165) is 4.90 Å².